The molecule has 2 amide bonds. The molecular formula is C17H27N5O3. The van der Waals surface area contributed by atoms with Gasteiger partial charge >= 0.3 is 6.03 Å². The molecule has 25 heavy (non-hydrogen) atoms. The van der Waals surface area contributed by atoms with Crippen LogP contribution in [0.3, 0.4) is 0 Å². The Morgan fingerprint density at radius 3 is 2.52 bits per heavy atom. The minimum atomic E-state index is -0.360. The van der Waals surface area contributed by atoms with E-state index in [-0.39, 0.29) is 17.9 Å². The van der Waals surface area contributed by atoms with Crippen LogP contribution >= 0.6 is 0 Å². The molecule has 138 valence electrons. The van der Waals surface area contributed by atoms with E-state index in [0.717, 1.165) is 58.2 Å². The van der Waals surface area contributed by atoms with Gasteiger partial charge in [0, 0.05) is 38.5 Å². The second-order valence-electron chi connectivity index (χ2n) is 7.38. The quantitative estimate of drug-likeness (QED) is 0.892. The molecule has 1 saturated carbocycles. The third-order valence-electron chi connectivity index (χ3n) is 5.70. The zero-order valence-corrected chi connectivity index (χ0v) is 14.6. The van der Waals surface area contributed by atoms with Crippen molar-refractivity contribution in [3.8, 4) is 0 Å². The van der Waals surface area contributed by atoms with E-state index in [1.165, 1.54) is 0 Å². The van der Waals surface area contributed by atoms with Gasteiger partial charge in [0.15, 0.2) is 5.79 Å². The number of nitrogens with zero attached hydrogens (tertiary/aromatic N) is 4. The number of ether oxygens (including phenoxy) is 2. The van der Waals surface area contributed by atoms with Gasteiger partial charge in [-0.3, -0.25) is 4.68 Å². The summed E-state index contributed by atoms with van der Waals surface area (Å²) < 4.78 is 13.4. The van der Waals surface area contributed by atoms with Gasteiger partial charge in [-0.15, -0.1) is 0 Å². The Labute approximate surface area is 147 Å². The van der Waals surface area contributed by atoms with Crippen molar-refractivity contribution >= 4 is 6.03 Å². The molecule has 0 bridgehead atoms. The number of likely N-dealkylation sites (tertiary alicyclic amines) is 1. The zero-order valence-electron chi connectivity index (χ0n) is 14.6. The van der Waals surface area contributed by atoms with E-state index in [4.69, 9.17) is 9.47 Å². The maximum absolute atomic E-state index is 12.5. The summed E-state index contributed by atoms with van der Waals surface area (Å²) in [5.74, 6) is 0.206. The van der Waals surface area contributed by atoms with Crippen molar-refractivity contribution < 1.29 is 14.3 Å². The summed E-state index contributed by atoms with van der Waals surface area (Å²) in [6, 6.07) is 0.312. The number of piperidine rings is 1. The van der Waals surface area contributed by atoms with Gasteiger partial charge < -0.3 is 19.7 Å². The Bertz CT molecular complexity index is 555. The van der Waals surface area contributed by atoms with E-state index in [1.807, 2.05) is 9.58 Å². The third-order valence-corrected chi connectivity index (χ3v) is 5.70. The molecule has 0 radical (unpaired) electrons. The second-order valence-corrected chi connectivity index (χ2v) is 7.38. The van der Waals surface area contributed by atoms with E-state index in [1.54, 1.807) is 12.7 Å². The van der Waals surface area contributed by atoms with Gasteiger partial charge in [-0.1, -0.05) is 0 Å². The van der Waals surface area contributed by atoms with Crippen LogP contribution in [0, 0.1) is 5.92 Å². The van der Waals surface area contributed by atoms with Gasteiger partial charge in [0.1, 0.15) is 12.7 Å². The lowest BCUT2D eigenvalue weighted by Crippen LogP contribution is -2.50. The molecule has 2 saturated heterocycles. The van der Waals surface area contributed by atoms with E-state index in [0.29, 0.717) is 19.1 Å². The lowest BCUT2D eigenvalue weighted by molar-refractivity contribution is -0.179. The highest BCUT2D eigenvalue weighted by molar-refractivity contribution is 5.74. The van der Waals surface area contributed by atoms with Crippen molar-refractivity contribution in [2.75, 3.05) is 26.3 Å². The SMILES string of the molecule is O=C(NC1CCC2(CC1)OCCO2)N1CCC(Cn2cncn2)CC1. The summed E-state index contributed by atoms with van der Waals surface area (Å²) in [6.07, 6.45) is 8.95. The van der Waals surface area contributed by atoms with Crippen LogP contribution in [0.2, 0.25) is 0 Å². The maximum atomic E-state index is 12.5. The first-order chi connectivity index (χ1) is 12.2. The van der Waals surface area contributed by atoms with Gasteiger partial charge in [0.05, 0.1) is 13.2 Å². The normalized spacial score (nSPS) is 24.7. The summed E-state index contributed by atoms with van der Waals surface area (Å²) in [4.78, 5) is 18.5. The molecular weight excluding hydrogens is 322 g/mol. The molecule has 1 aromatic rings. The number of hydrogen-bond acceptors (Lipinski definition) is 5. The lowest BCUT2D eigenvalue weighted by atomic mass is 9.90. The van der Waals surface area contributed by atoms with Crippen LogP contribution in [-0.2, 0) is 16.0 Å². The first-order valence-corrected chi connectivity index (χ1v) is 9.38. The monoisotopic (exact) mass is 349 g/mol. The first kappa shape index (κ1) is 16.8. The second kappa shape index (κ2) is 7.29. The highest BCUT2D eigenvalue weighted by atomic mass is 16.7. The minimum Gasteiger partial charge on any atom is -0.348 e. The standard InChI is InChI=1S/C17H27N5O3/c23-16(20-15-1-5-17(6-2-15)24-9-10-25-17)21-7-3-14(4-8-21)11-22-13-18-12-19-22/h12-15H,1-11H2,(H,20,23). The fourth-order valence-electron chi connectivity index (χ4n) is 4.16. The van der Waals surface area contributed by atoms with Gasteiger partial charge in [-0.2, -0.15) is 5.10 Å². The van der Waals surface area contributed by atoms with E-state index >= 15 is 0 Å². The van der Waals surface area contributed by atoms with Crippen LogP contribution in [0.1, 0.15) is 38.5 Å². The topological polar surface area (TPSA) is 81.5 Å². The van der Waals surface area contributed by atoms with Gasteiger partial charge in [0.25, 0.3) is 0 Å². The third kappa shape index (κ3) is 3.95. The van der Waals surface area contributed by atoms with Crippen LogP contribution < -0.4 is 5.32 Å². The van der Waals surface area contributed by atoms with Crippen LogP contribution in [0.5, 0.6) is 0 Å². The Kier molecular flexibility index (Phi) is 4.89. The molecule has 0 atom stereocenters. The molecule has 0 unspecified atom stereocenters. The smallest absolute Gasteiger partial charge is 0.317 e. The fourth-order valence-corrected chi connectivity index (χ4v) is 4.16. The van der Waals surface area contributed by atoms with E-state index in [2.05, 4.69) is 15.4 Å². The number of nitrogens with one attached hydrogen (secondary N) is 1. The van der Waals surface area contributed by atoms with E-state index in [9.17, 15) is 4.79 Å². The molecule has 0 aromatic carbocycles. The first-order valence-electron chi connectivity index (χ1n) is 9.38. The fraction of sp³-hybridized carbons (Fsp3) is 0.824. The van der Waals surface area contributed by atoms with Crippen molar-refractivity contribution in [3.05, 3.63) is 12.7 Å². The predicted octanol–water partition coefficient (Wildman–Crippen LogP) is 1.39. The number of amides is 2. The number of carbonyl (C=O) groups excluding carboxylic acids is 1. The van der Waals surface area contributed by atoms with Crippen molar-refractivity contribution in [3.63, 3.8) is 0 Å². The number of urea groups is 1. The van der Waals surface area contributed by atoms with Crippen LogP contribution in [-0.4, -0.2) is 63.8 Å². The summed E-state index contributed by atoms with van der Waals surface area (Å²) in [5, 5.41) is 7.37. The summed E-state index contributed by atoms with van der Waals surface area (Å²) in [5.41, 5.74) is 0. The average Bonchev–Trinajstić information content (AvgIpc) is 3.30. The minimum absolute atomic E-state index is 0.0772. The Hall–Kier alpha value is -1.67. The van der Waals surface area contributed by atoms with Crippen molar-refractivity contribution in [2.45, 2.75) is 56.9 Å². The highest BCUT2D eigenvalue weighted by Gasteiger charge is 2.40. The molecule has 1 aromatic heterocycles. The number of aromatic nitrogens is 3. The number of hydrogen-bond donors (Lipinski definition) is 1. The summed E-state index contributed by atoms with van der Waals surface area (Å²) in [6.45, 7) is 3.91. The molecule has 2 aliphatic heterocycles. The van der Waals surface area contributed by atoms with E-state index < -0.39 is 0 Å². The maximum Gasteiger partial charge on any atom is 0.317 e. The van der Waals surface area contributed by atoms with Crippen LogP contribution in [0.4, 0.5) is 4.79 Å². The average molecular weight is 349 g/mol. The van der Waals surface area contributed by atoms with Crippen LogP contribution in [0.25, 0.3) is 0 Å². The zero-order chi connectivity index (χ0) is 17.1. The number of rotatable bonds is 3. The van der Waals surface area contributed by atoms with Gasteiger partial charge in [-0.25, -0.2) is 9.78 Å². The highest BCUT2D eigenvalue weighted by Crippen LogP contribution is 2.35. The molecule has 1 N–H and O–H groups in total. The molecule has 3 fully saturated rings. The Balaban J connectivity index is 1.19. The van der Waals surface area contributed by atoms with Crippen molar-refractivity contribution in [1.29, 1.82) is 0 Å². The van der Waals surface area contributed by atoms with Crippen molar-refractivity contribution in [1.82, 2.24) is 25.0 Å². The molecule has 8 nitrogen and oxygen atoms in total. The summed E-state index contributed by atoms with van der Waals surface area (Å²) >= 11 is 0. The molecule has 4 rings (SSSR count). The molecule has 3 heterocycles. The Morgan fingerprint density at radius 2 is 1.88 bits per heavy atom. The predicted molar refractivity (Wildman–Crippen MR) is 89.7 cm³/mol. The van der Waals surface area contributed by atoms with Gasteiger partial charge in [0.2, 0.25) is 0 Å². The van der Waals surface area contributed by atoms with Crippen molar-refractivity contribution in [2.24, 2.45) is 5.92 Å². The largest absolute Gasteiger partial charge is 0.348 e. The molecule has 1 aliphatic carbocycles. The van der Waals surface area contributed by atoms with Crippen LogP contribution in [0.15, 0.2) is 12.7 Å². The molecule has 8 heteroatoms. The number of carbonyl (C=O) groups is 1. The summed E-state index contributed by atoms with van der Waals surface area (Å²) in [7, 11) is 0. The van der Waals surface area contributed by atoms with Gasteiger partial charge in [-0.05, 0) is 31.6 Å². The lowest BCUT2D eigenvalue weighted by Gasteiger charge is -2.37. The molecule has 3 aliphatic rings. The Morgan fingerprint density at radius 1 is 1.16 bits per heavy atom. The molecule has 1 spiro atoms.